The number of ether oxygens (including phenoxy) is 1. The van der Waals surface area contributed by atoms with Crippen molar-refractivity contribution in [1.29, 1.82) is 0 Å². The van der Waals surface area contributed by atoms with E-state index in [1.165, 1.54) is 13.1 Å². The van der Waals surface area contributed by atoms with Crippen LogP contribution in [0.4, 0.5) is 0 Å². The Balaban J connectivity index is 2.44. The molecule has 1 N–H and O–H groups in total. The quantitative estimate of drug-likeness (QED) is 0.769. The maximum absolute atomic E-state index is 5.59. The zero-order valence-corrected chi connectivity index (χ0v) is 13.0. The Bertz CT molecular complexity index is 235. The number of nitrogens with zero attached hydrogens (tertiary/aromatic N) is 2. The second-order valence-electron chi connectivity index (χ2n) is 6.08. The third-order valence-electron chi connectivity index (χ3n) is 4.29. The predicted octanol–water partition coefficient (Wildman–Crippen LogP) is 1.03. The van der Waals surface area contributed by atoms with Crippen LogP contribution in [0.25, 0.3) is 0 Å². The molecule has 18 heavy (non-hydrogen) atoms. The second kappa shape index (κ2) is 6.85. The summed E-state index contributed by atoms with van der Waals surface area (Å²) in [6.45, 7) is 14.6. The Morgan fingerprint density at radius 2 is 1.72 bits per heavy atom. The highest BCUT2D eigenvalue weighted by Gasteiger charge is 2.30. The van der Waals surface area contributed by atoms with Gasteiger partial charge in [-0.15, -0.1) is 0 Å². The van der Waals surface area contributed by atoms with Crippen molar-refractivity contribution >= 4 is 0 Å². The van der Waals surface area contributed by atoms with E-state index in [0.29, 0.717) is 12.1 Å². The summed E-state index contributed by atoms with van der Waals surface area (Å²) in [5.74, 6) is 0. The van der Waals surface area contributed by atoms with Crippen LogP contribution in [0.1, 0.15) is 27.7 Å². The number of rotatable bonds is 6. The van der Waals surface area contributed by atoms with Crippen molar-refractivity contribution in [3.05, 3.63) is 0 Å². The number of nitrogens with one attached hydrogen (secondary N) is 1. The summed E-state index contributed by atoms with van der Waals surface area (Å²) < 4.78 is 5.59. The Morgan fingerprint density at radius 1 is 1.17 bits per heavy atom. The standard InChI is InChI=1S/C14H31N3O/c1-12(2)17-9-7-16(8-10-17)11-13(15-5)14(3,4)18-6/h12-13,15H,7-11H2,1-6H3. The highest BCUT2D eigenvalue weighted by atomic mass is 16.5. The first kappa shape index (κ1) is 15.9. The number of methoxy groups -OCH3 is 1. The summed E-state index contributed by atoms with van der Waals surface area (Å²) >= 11 is 0. The predicted molar refractivity (Wildman–Crippen MR) is 77.1 cm³/mol. The number of likely N-dealkylation sites (N-methyl/N-ethyl adjacent to an activating group) is 1. The number of hydrogen-bond donors (Lipinski definition) is 1. The van der Waals surface area contributed by atoms with Gasteiger partial charge in [0.1, 0.15) is 0 Å². The van der Waals surface area contributed by atoms with Gasteiger partial charge in [-0.25, -0.2) is 0 Å². The van der Waals surface area contributed by atoms with Gasteiger partial charge in [0.05, 0.1) is 5.60 Å². The van der Waals surface area contributed by atoms with Gasteiger partial charge in [-0.1, -0.05) is 0 Å². The van der Waals surface area contributed by atoms with Crippen LogP contribution in [0.2, 0.25) is 0 Å². The summed E-state index contributed by atoms with van der Waals surface area (Å²) in [4.78, 5) is 5.09. The number of piperazine rings is 1. The van der Waals surface area contributed by atoms with Gasteiger partial charge in [0.2, 0.25) is 0 Å². The highest BCUT2D eigenvalue weighted by molar-refractivity contribution is 4.88. The molecule has 1 aliphatic rings. The van der Waals surface area contributed by atoms with E-state index in [9.17, 15) is 0 Å². The minimum Gasteiger partial charge on any atom is -0.377 e. The van der Waals surface area contributed by atoms with E-state index in [1.54, 1.807) is 7.11 Å². The molecule has 108 valence electrons. The molecule has 0 aromatic carbocycles. The molecule has 1 aliphatic heterocycles. The Kier molecular flexibility index (Phi) is 6.05. The van der Waals surface area contributed by atoms with E-state index in [2.05, 4.69) is 42.8 Å². The summed E-state index contributed by atoms with van der Waals surface area (Å²) in [5, 5.41) is 3.39. The average molecular weight is 257 g/mol. The number of hydrogen-bond acceptors (Lipinski definition) is 4. The monoisotopic (exact) mass is 257 g/mol. The van der Waals surface area contributed by atoms with Gasteiger partial charge in [0.25, 0.3) is 0 Å². The Labute approximate surface area is 113 Å². The average Bonchev–Trinajstić information content (AvgIpc) is 2.36. The lowest BCUT2D eigenvalue weighted by Crippen LogP contribution is -2.57. The van der Waals surface area contributed by atoms with Crippen LogP contribution >= 0.6 is 0 Å². The fraction of sp³-hybridized carbons (Fsp3) is 1.00. The molecule has 0 aliphatic carbocycles. The first-order chi connectivity index (χ1) is 8.40. The van der Waals surface area contributed by atoms with Crippen molar-refractivity contribution in [2.75, 3.05) is 46.9 Å². The molecule has 4 nitrogen and oxygen atoms in total. The zero-order chi connectivity index (χ0) is 13.8. The molecule has 1 saturated heterocycles. The molecule has 1 atom stereocenters. The van der Waals surface area contributed by atoms with Gasteiger partial charge >= 0.3 is 0 Å². The van der Waals surface area contributed by atoms with E-state index in [-0.39, 0.29) is 5.60 Å². The first-order valence-electron chi connectivity index (χ1n) is 7.09. The molecular weight excluding hydrogens is 226 g/mol. The minimum absolute atomic E-state index is 0.121. The smallest absolute Gasteiger partial charge is 0.0787 e. The molecule has 0 radical (unpaired) electrons. The van der Waals surface area contributed by atoms with Gasteiger partial charge in [-0.3, -0.25) is 9.80 Å². The molecule has 0 aromatic rings. The summed E-state index contributed by atoms with van der Waals surface area (Å²) in [6.07, 6.45) is 0. The maximum atomic E-state index is 5.59. The largest absolute Gasteiger partial charge is 0.377 e. The molecule has 1 rings (SSSR count). The third kappa shape index (κ3) is 4.19. The van der Waals surface area contributed by atoms with Crippen molar-refractivity contribution in [1.82, 2.24) is 15.1 Å². The molecule has 1 fully saturated rings. The minimum atomic E-state index is -0.121. The molecule has 1 heterocycles. The Hall–Kier alpha value is -0.160. The SMILES string of the molecule is CNC(CN1CCN(C(C)C)CC1)C(C)(C)OC. The van der Waals surface area contributed by atoms with Crippen LogP contribution in [0.5, 0.6) is 0 Å². The topological polar surface area (TPSA) is 27.7 Å². The summed E-state index contributed by atoms with van der Waals surface area (Å²) in [6, 6.07) is 1.04. The van der Waals surface area contributed by atoms with Gasteiger partial charge in [-0.2, -0.15) is 0 Å². The fourth-order valence-corrected chi connectivity index (χ4v) is 2.52. The molecular formula is C14H31N3O. The van der Waals surface area contributed by atoms with Crippen molar-refractivity contribution < 1.29 is 4.74 Å². The van der Waals surface area contributed by atoms with E-state index in [4.69, 9.17) is 4.74 Å². The van der Waals surface area contributed by atoms with E-state index < -0.39 is 0 Å². The fourth-order valence-electron chi connectivity index (χ4n) is 2.52. The summed E-state index contributed by atoms with van der Waals surface area (Å²) in [5.41, 5.74) is -0.121. The zero-order valence-electron chi connectivity index (χ0n) is 13.0. The molecule has 0 bridgehead atoms. The molecule has 0 saturated carbocycles. The van der Waals surface area contributed by atoms with Crippen molar-refractivity contribution in [3.63, 3.8) is 0 Å². The van der Waals surface area contributed by atoms with Crippen LogP contribution in [-0.2, 0) is 4.74 Å². The molecule has 0 amide bonds. The highest BCUT2D eigenvalue weighted by Crippen LogP contribution is 2.16. The molecule has 0 aromatic heterocycles. The van der Waals surface area contributed by atoms with Crippen LogP contribution in [-0.4, -0.2) is 74.4 Å². The van der Waals surface area contributed by atoms with Crippen molar-refractivity contribution in [2.24, 2.45) is 0 Å². The van der Waals surface area contributed by atoms with E-state index in [1.807, 2.05) is 7.05 Å². The van der Waals surface area contributed by atoms with Crippen LogP contribution in [0.3, 0.4) is 0 Å². The van der Waals surface area contributed by atoms with Gasteiger partial charge < -0.3 is 10.1 Å². The van der Waals surface area contributed by atoms with Gasteiger partial charge in [0.15, 0.2) is 0 Å². The van der Waals surface area contributed by atoms with Gasteiger partial charge in [0, 0.05) is 51.9 Å². The second-order valence-corrected chi connectivity index (χ2v) is 6.08. The van der Waals surface area contributed by atoms with Crippen LogP contribution < -0.4 is 5.32 Å². The normalized spacial score (nSPS) is 21.5. The lowest BCUT2D eigenvalue weighted by molar-refractivity contribution is -0.0226. The van der Waals surface area contributed by atoms with Crippen LogP contribution in [0.15, 0.2) is 0 Å². The molecule has 4 heteroatoms. The lowest BCUT2D eigenvalue weighted by atomic mass is 9.98. The Morgan fingerprint density at radius 3 is 2.11 bits per heavy atom. The van der Waals surface area contributed by atoms with Crippen LogP contribution in [0, 0.1) is 0 Å². The van der Waals surface area contributed by atoms with E-state index >= 15 is 0 Å². The first-order valence-corrected chi connectivity index (χ1v) is 7.09. The third-order valence-corrected chi connectivity index (χ3v) is 4.29. The molecule has 0 spiro atoms. The van der Waals surface area contributed by atoms with Crippen molar-refractivity contribution in [3.8, 4) is 0 Å². The van der Waals surface area contributed by atoms with E-state index in [0.717, 1.165) is 19.6 Å². The van der Waals surface area contributed by atoms with Crippen molar-refractivity contribution in [2.45, 2.75) is 45.4 Å². The lowest BCUT2D eigenvalue weighted by Gasteiger charge is -2.41. The maximum Gasteiger partial charge on any atom is 0.0787 e. The molecule has 1 unspecified atom stereocenters. The summed E-state index contributed by atoms with van der Waals surface area (Å²) in [7, 11) is 3.82. The van der Waals surface area contributed by atoms with Gasteiger partial charge in [-0.05, 0) is 34.7 Å².